The van der Waals surface area contributed by atoms with Gasteiger partial charge < -0.3 is 4.74 Å². The molecule has 0 bridgehead atoms. The zero-order valence-electron chi connectivity index (χ0n) is 24.8. The standard InChI is InChI=1S/C33H55N3OSi/c1-4-5-8-14-27(2)15-11-16-28(3)17-13-26-38-31-19-12-24-34-33(31)30-22-23-32(36-35-30)37-25-10-7-6-9-18-29-20-21-29/h12,19,22-24,27-29H,4-11,13-18,20-21,25-26,38H2,1-3H3. The minimum absolute atomic E-state index is 0.368. The van der Waals surface area contributed by atoms with Crippen molar-refractivity contribution in [2.24, 2.45) is 17.8 Å². The Kier molecular flexibility index (Phi) is 15.0. The summed E-state index contributed by atoms with van der Waals surface area (Å²) in [6, 6.07) is 9.66. The van der Waals surface area contributed by atoms with E-state index in [9.17, 15) is 0 Å². The molecular weight excluding hydrogens is 482 g/mol. The van der Waals surface area contributed by atoms with Crippen molar-refractivity contribution in [3.63, 3.8) is 0 Å². The monoisotopic (exact) mass is 537 g/mol. The van der Waals surface area contributed by atoms with Crippen LogP contribution in [0.4, 0.5) is 0 Å². The Labute approximate surface area is 236 Å². The molecule has 5 heteroatoms. The molecule has 0 aliphatic heterocycles. The van der Waals surface area contributed by atoms with Crippen LogP contribution in [0.1, 0.15) is 124 Å². The van der Waals surface area contributed by atoms with Crippen molar-refractivity contribution in [2.45, 2.75) is 130 Å². The van der Waals surface area contributed by atoms with Gasteiger partial charge in [0.05, 0.1) is 21.8 Å². The summed E-state index contributed by atoms with van der Waals surface area (Å²) in [5.74, 6) is 3.44. The Morgan fingerprint density at radius 2 is 1.61 bits per heavy atom. The molecule has 0 aromatic carbocycles. The predicted octanol–water partition coefficient (Wildman–Crippen LogP) is 8.29. The summed E-state index contributed by atoms with van der Waals surface area (Å²) in [5.41, 5.74) is 1.90. The first-order chi connectivity index (χ1) is 18.7. The van der Waals surface area contributed by atoms with Crippen LogP contribution in [0.5, 0.6) is 5.88 Å². The van der Waals surface area contributed by atoms with Gasteiger partial charge in [-0.25, -0.2) is 0 Å². The van der Waals surface area contributed by atoms with Gasteiger partial charge in [-0.3, -0.25) is 4.98 Å². The maximum Gasteiger partial charge on any atom is 0.233 e. The van der Waals surface area contributed by atoms with E-state index < -0.39 is 0 Å². The second kappa shape index (κ2) is 18.5. The smallest absolute Gasteiger partial charge is 0.233 e. The SMILES string of the molecule is CCCCCC(C)CCCC(C)CCC[SiH2]c1cccnc1-c1ccc(OCCCCCCC2CC2)nn1. The Balaban J connectivity index is 1.31. The normalized spacial score (nSPS) is 15.2. The number of hydrogen-bond donors (Lipinski definition) is 0. The van der Waals surface area contributed by atoms with Gasteiger partial charge in [0.2, 0.25) is 5.88 Å². The van der Waals surface area contributed by atoms with Crippen LogP contribution in [0.3, 0.4) is 0 Å². The molecule has 1 saturated carbocycles. The maximum absolute atomic E-state index is 5.85. The molecule has 0 amide bonds. The van der Waals surface area contributed by atoms with E-state index in [1.54, 1.807) is 0 Å². The van der Waals surface area contributed by atoms with Gasteiger partial charge in [-0.15, -0.1) is 10.2 Å². The molecule has 2 heterocycles. The largest absolute Gasteiger partial charge is 0.477 e. The van der Waals surface area contributed by atoms with Crippen LogP contribution in [0.15, 0.2) is 30.5 Å². The molecule has 2 aromatic heterocycles. The van der Waals surface area contributed by atoms with Gasteiger partial charge in [-0.2, -0.15) is 0 Å². The van der Waals surface area contributed by atoms with Crippen LogP contribution < -0.4 is 9.92 Å². The van der Waals surface area contributed by atoms with E-state index >= 15 is 0 Å². The lowest BCUT2D eigenvalue weighted by Crippen LogP contribution is -2.18. The molecule has 3 rings (SSSR count). The third-order valence-corrected chi connectivity index (χ3v) is 10.3. The van der Waals surface area contributed by atoms with Gasteiger partial charge in [0.15, 0.2) is 0 Å². The van der Waals surface area contributed by atoms with Gasteiger partial charge in [0.25, 0.3) is 0 Å². The van der Waals surface area contributed by atoms with Crippen LogP contribution in [-0.4, -0.2) is 31.3 Å². The molecule has 2 aromatic rings. The van der Waals surface area contributed by atoms with E-state index in [1.807, 2.05) is 18.3 Å². The van der Waals surface area contributed by atoms with E-state index in [0.717, 1.165) is 42.2 Å². The summed E-state index contributed by atoms with van der Waals surface area (Å²) in [7, 11) is -0.368. The number of rotatable bonds is 22. The second-order valence-electron chi connectivity index (χ2n) is 12.1. The van der Waals surface area contributed by atoms with Crippen LogP contribution in [0.2, 0.25) is 6.04 Å². The molecule has 1 aliphatic carbocycles. The van der Waals surface area contributed by atoms with E-state index in [1.165, 1.54) is 108 Å². The summed E-state index contributed by atoms with van der Waals surface area (Å²) in [6.45, 7) is 7.92. The molecule has 1 aliphatic rings. The Bertz CT molecular complexity index is 871. The fraction of sp³-hybridized carbons (Fsp3) is 0.727. The highest BCUT2D eigenvalue weighted by Gasteiger charge is 2.19. The van der Waals surface area contributed by atoms with E-state index in [2.05, 4.69) is 48.1 Å². The van der Waals surface area contributed by atoms with E-state index in [4.69, 9.17) is 4.74 Å². The molecule has 212 valence electrons. The molecular formula is C33H55N3OSi. The van der Waals surface area contributed by atoms with Crippen molar-refractivity contribution in [2.75, 3.05) is 6.61 Å². The lowest BCUT2D eigenvalue weighted by molar-refractivity contribution is 0.290. The fourth-order valence-corrected chi connectivity index (χ4v) is 7.25. The average Bonchev–Trinajstić information content (AvgIpc) is 3.76. The summed E-state index contributed by atoms with van der Waals surface area (Å²) in [5, 5.41) is 10.2. The maximum atomic E-state index is 5.85. The van der Waals surface area contributed by atoms with Crippen LogP contribution in [0, 0.1) is 17.8 Å². The summed E-state index contributed by atoms with van der Waals surface area (Å²) < 4.78 is 5.85. The minimum Gasteiger partial charge on any atom is -0.477 e. The summed E-state index contributed by atoms with van der Waals surface area (Å²) >= 11 is 0. The highest BCUT2D eigenvalue weighted by atomic mass is 28.2. The number of aromatic nitrogens is 3. The average molecular weight is 538 g/mol. The van der Waals surface area contributed by atoms with Crippen molar-refractivity contribution in [1.29, 1.82) is 0 Å². The summed E-state index contributed by atoms with van der Waals surface area (Å²) in [4.78, 5) is 4.69. The second-order valence-corrected chi connectivity index (χ2v) is 14.1. The summed E-state index contributed by atoms with van der Waals surface area (Å²) in [6.07, 6.45) is 23.8. The topological polar surface area (TPSA) is 47.9 Å². The number of pyridine rings is 1. The van der Waals surface area contributed by atoms with Gasteiger partial charge in [-0.1, -0.05) is 129 Å². The van der Waals surface area contributed by atoms with Gasteiger partial charge >= 0.3 is 0 Å². The van der Waals surface area contributed by atoms with Crippen LogP contribution in [-0.2, 0) is 0 Å². The first-order valence-electron chi connectivity index (χ1n) is 16.1. The van der Waals surface area contributed by atoms with Gasteiger partial charge in [-0.05, 0) is 41.5 Å². The molecule has 0 N–H and O–H groups in total. The molecule has 38 heavy (non-hydrogen) atoms. The van der Waals surface area contributed by atoms with Crippen molar-refractivity contribution in [3.8, 4) is 17.3 Å². The lowest BCUT2D eigenvalue weighted by Gasteiger charge is -2.14. The number of nitrogens with zero attached hydrogens (tertiary/aromatic N) is 3. The van der Waals surface area contributed by atoms with Crippen molar-refractivity contribution in [3.05, 3.63) is 30.5 Å². The number of ether oxygens (including phenoxy) is 1. The molecule has 4 nitrogen and oxygen atoms in total. The highest BCUT2D eigenvalue weighted by Crippen LogP contribution is 2.34. The zero-order chi connectivity index (χ0) is 26.8. The van der Waals surface area contributed by atoms with Gasteiger partial charge in [0, 0.05) is 12.3 Å². The number of hydrogen-bond acceptors (Lipinski definition) is 4. The van der Waals surface area contributed by atoms with Crippen LogP contribution >= 0.6 is 0 Å². The molecule has 0 radical (unpaired) electrons. The Morgan fingerprint density at radius 3 is 2.34 bits per heavy atom. The quantitative estimate of drug-likeness (QED) is 0.112. The zero-order valence-corrected chi connectivity index (χ0v) is 26.2. The van der Waals surface area contributed by atoms with Crippen molar-refractivity contribution in [1.82, 2.24) is 15.2 Å². The molecule has 1 fully saturated rings. The third-order valence-electron chi connectivity index (χ3n) is 8.31. The number of unbranched alkanes of at least 4 members (excludes halogenated alkanes) is 5. The van der Waals surface area contributed by atoms with Gasteiger partial charge in [0.1, 0.15) is 5.69 Å². The Morgan fingerprint density at radius 1 is 0.842 bits per heavy atom. The first kappa shape index (κ1) is 30.8. The molecule has 0 saturated heterocycles. The molecule has 2 atom stereocenters. The minimum atomic E-state index is -0.368. The fourth-order valence-electron chi connectivity index (χ4n) is 5.52. The highest BCUT2D eigenvalue weighted by molar-refractivity contribution is 6.55. The van der Waals surface area contributed by atoms with Crippen molar-refractivity contribution >= 4 is 14.7 Å². The first-order valence-corrected chi connectivity index (χ1v) is 17.8. The van der Waals surface area contributed by atoms with Crippen molar-refractivity contribution < 1.29 is 4.74 Å². The van der Waals surface area contributed by atoms with Crippen LogP contribution in [0.25, 0.3) is 11.4 Å². The molecule has 0 spiro atoms. The molecule has 2 unspecified atom stereocenters. The Hall–Kier alpha value is -1.75. The van der Waals surface area contributed by atoms with E-state index in [0.29, 0.717) is 5.88 Å². The third kappa shape index (κ3) is 12.9. The predicted molar refractivity (Wildman–Crippen MR) is 165 cm³/mol. The van der Waals surface area contributed by atoms with E-state index in [-0.39, 0.29) is 9.52 Å². The lowest BCUT2D eigenvalue weighted by atomic mass is 9.93.